The van der Waals surface area contributed by atoms with Gasteiger partial charge in [0, 0.05) is 6.42 Å². The summed E-state index contributed by atoms with van der Waals surface area (Å²) in [5, 5.41) is 3.27. The molecule has 2 rings (SSSR count). The Bertz CT molecular complexity index is 619. The molecule has 1 saturated heterocycles. The standard InChI is InChI=1S/C22H41NO4Si/c1-19(2,3)16-10-12-22(13-11-17(24)23-22)21(14-16,18(25)26-7)15-27-28(8,9)20(4,5)6/h16H,10-15H2,1-9H3,(H,23,24)/t16-,21+,22-/m0/s1. The topological polar surface area (TPSA) is 64.6 Å². The number of methoxy groups -OCH3 is 1. The molecule has 1 amide bonds. The van der Waals surface area contributed by atoms with Crippen LogP contribution in [0.15, 0.2) is 0 Å². The van der Waals surface area contributed by atoms with E-state index in [1.807, 2.05) is 0 Å². The van der Waals surface area contributed by atoms with Gasteiger partial charge in [-0.05, 0) is 55.1 Å². The molecule has 0 aromatic heterocycles. The first-order valence-corrected chi connectivity index (χ1v) is 13.5. The summed E-state index contributed by atoms with van der Waals surface area (Å²) >= 11 is 0. The van der Waals surface area contributed by atoms with Gasteiger partial charge in [-0.25, -0.2) is 0 Å². The molecule has 1 saturated carbocycles. The van der Waals surface area contributed by atoms with E-state index in [1.54, 1.807) is 0 Å². The molecule has 0 bridgehead atoms. The van der Waals surface area contributed by atoms with Gasteiger partial charge < -0.3 is 14.5 Å². The molecule has 1 heterocycles. The summed E-state index contributed by atoms with van der Waals surface area (Å²) in [4.78, 5) is 25.6. The third-order valence-corrected chi connectivity index (χ3v) is 12.4. The highest BCUT2D eigenvalue weighted by Crippen LogP contribution is 2.55. The van der Waals surface area contributed by atoms with Gasteiger partial charge in [0.15, 0.2) is 8.32 Å². The zero-order valence-corrected chi connectivity index (χ0v) is 20.5. The second-order valence-corrected chi connectivity index (χ2v) is 16.4. The van der Waals surface area contributed by atoms with Crippen LogP contribution in [0.1, 0.15) is 73.6 Å². The summed E-state index contributed by atoms with van der Waals surface area (Å²) in [6.45, 7) is 18.1. The van der Waals surface area contributed by atoms with Crippen LogP contribution >= 0.6 is 0 Å². The lowest BCUT2D eigenvalue weighted by Crippen LogP contribution is -2.66. The summed E-state index contributed by atoms with van der Waals surface area (Å²) in [5.41, 5.74) is -1.30. The van der Waals surface area contributed by atoms with Crippen molar-refractivity contribution in [3.05, 3.63) is 0 Å². The Balaban J connectivity index is 2.49. The van der Waals surface area contributed by atoms with Crippen LogP contribution in [-0.2, 0) is 18.8 Å². The van der Waals surface area contributed by atoms with Crippen molar-refractivity contribution >= 4 is 20.2 Å². The average Bonchev–Trinajstić information content (AvgIpc) is 2.93. The lowest BCUT2D eigenvalue weighted by molar-refractivity contribution is -0.169. The largest absolute Gasteiger partial charge is 0.468 e. The molecule has 0 radical (unpaired) electrons. The third kappa shape index (κ3) is 4.04. The number of ether oxygens (including phenoxy) is 1. The Kier molecular flexibility index (Phi) is 6.20. The van der Waals surface area contributed by atoms with E-state index >= 15 is 0 Å². The molecule has 162 valence electrons. The van der Waals surface area contributed by atoms with E-state index in [9.17, 15) is 9.59 Å². The van der Waals surface area contributed by atoms with E-state index in [4.69, 9.17) is 9.16 Å². The van der Waals surface area contributed by atoms with Crippen LogP contribution in [0, 0.1) is 16.7 Å². The van der Waals surface area contributed by atoms with Crippen LogP contribution in [0.5, 0.6) is 0 Å². The van der Waals surface area contributed by atoms with Crippen LogP contribution in [0.2, 0.25) is 18.1 Å². The van der Waals surface area contributed by atoms with Gasteiger partial charge in [0.1, 0.15) is 5.41 Å². The lowest BCUT2D eigenvalue weighted by Gasteiger charge is -2.55. The van der Waals surface area contributed by atoms with E-state index in [0.29, 0.717) is 31.8 Å². The van der Waals surface area contributed by atoms with Crippen molar-refractivity contribution in [2.24, 2.45) is 16.7 Å². The van der Waals surface area contributed by atoms with Gasteiger partial charge in [0.25, 0.3) is 0 Å². The van der Waals surface area contributed by atoms with Gasteiger partial charge in [0.2, 0.25) is 5.91 Å². The van der Waals surface area contributed by atoms with Crippen LogP contribution in [0.4, 0.5) is 0 Å². The SMILES string of the molecule is COC(=O)[C@]1(CO[Si](C)(C)C(C)(C)C)C[C@@H](C(C)(C)C)CC[C@]12CCC(=O)N2. The molecule has 1 spiro atoms. The van der Waals surface area contributed by atoms with E-state index in [0.717, 1.165) is 12.8 Å². The zero-order valence-electron chi connectivity index (χ0n) is 19.5. The molecule has 0 aromatic rings. The Morgan fingerprint density at radius 2 is 1.79 bits per heavy atom. The number of carbonyl (C=O) groups is 2. The average molecular weight is 412 g/mol. The van der Waals surface area contributed by atoms with Gasteiger partial charge in [-0.3, -0.25) is 9.59 Å². The van der Waals surface area contributed by atoms with Crippen molar-refractivity contribution in [1.29, 1.82) is 0 Å². The maximum Gasteiger partial charge on any atom is 0.316 e. The Labute approximate surface area is 172 Å². The van der Waals surface area contributed by atoms with Crippen LogP contribution in [0.3, 0.4) is 0 Å². The van der Waals surface area contributed by atoms with Gasteiger partial charge in [-0.1, -0.05) is 41.5 Å². The first-order chi connectivity index (χ1) is 12.6. The van der Waals surface area contributed by atoms with Gasteiger partial charge in [-0.15, -0.1) is 0 Å². The number of esters is 1. The Morgan fingerprint density at radius 3 is 2.21 bits per heavy atom. The predicted molar refractivity (Wildman–Crippen MR) is 115 cm³/mol. The van der Waals surface area contributed by atoms with Crippen molar-refractivity contribution in [2.75, 3.05) is 13.7 Å². The monoisotopic (exact) mass is 411 g/mol. The molecule has 3 atom stereocenters. The highest BCUT2D eigenvalue weighted by molar-refractivity contribution is 6.74. The van der Waals surface area contributed by atoms with E-state index in [-0.39, 0.29) is 22.3 Å². The van der Waals surface area contributed by atoms with Gasteiger partial charge in [0.05, 0.1) is 19.3 Å². The first-order valence-electron chi connectivity index (χ1n) is 10.6. The maximum absolute atomic E-state index is 13.4. The summed E-state index contributed by atoms with van der Waals surface area (Å²) in [7, 11) is -0.608. The predicted octanol–water partition coefficient (Wildman–Crippen LogP) is 4.66. The highest BCUT2D eigenvalue weighted by Gasteiger charge is 2.64. The fourth-order valence-corrected chi connectivity index (χ4v) is 5.67. The zero-order chi connectivity index (χ0) is 21.6. The fourth-order valence-electron chi connectivity index (χ4n) is 4.63. The molecule has 1 N–H and O–H groups in total. The van der Waals surface area contributed by atoms with Crippen molar-refractivity contribution < 1.29 is 18.8 Å². The fraction of sp³-hybridized carbons (Fsp3) is 0.909. The van der Waals surface area contributed by atoms with E-state index in [1.165, 1.54) is 7.11 Å². The van der Waals surface area contributed by atoms with Crippen molar-refractivity contribution in [3.63, 3.8) is 0 Å². The summed E-state index contributed by atoms with van der Waals surface area (Å²) < 4.78 is 12.0. The summed E-state index contributed by atoms with van der Waals surface area (Å²) in [6, 6.07) is 0. The molecule has 28 heavy (non-hydrogen) atoms. The maximum atomic E-state index is 13.4. The lowest BCUT2D eigenvalue weighted by atomic mass is 9.54. The molecule has 1 aliphatic heterocycles. The van der Waals surface area contributed by atoms with E-state index in [2.05, 4.69) is 60.0 Å². The molecule has 0 unspecified atom stereocenters. The summed E-state index contributed by atoms with van der Waals surface area (Å²) in [6.07, 6.45) is 3.65. The third-order valence-electron chi connectivity index (χ3n) is 7.87. The van der Waals surface area contributed by atoms with Crippen molar-refractivity contribution in [2.45, 2.75) is 97.3 Å². The molecule has 2 fully saturated rings. The summed E-state index contributed by atoms with van der Waals surface area (Å²) in [5.74, 6) is 0.176. The molecule has 6 heteroatoms. The smallest absolute Gasteiger partial charge is 0.316 e. The molecule has 2 aliphatic rings. The number of rotatable bonds is 4. The number of nitrogens with one attached hydrogen (secondary N) is 1. The second kappa shape index (κ2) is 7.42. The minimum atomic E-state index is -2.07. The molecule has 0 aromatic carbocycles. The second-order valence-electron chi connectivity index (χ2n) is 11.6. The molecular formula is C22H41NO4Si. The van der Waals surface area contributed by atoms with Crippen molar-refractivity contribution in [1.82, 2.24) is 5.32 Å². The quantitative estimate of drug-likeness (QED) is 0.540. The normalized spacial score (nSPS) is 31.8. The Morgan fingerprint density at radius 1 is 1.18 bits per heavy atom. The van der Waals surface area contributed by atoms with E-state index < -0.39 is 19.3 Å². The van der Waals surface area contributed by atoms with Crippen LogP contribution in [-0.4, -0.2) is 39.4 Å². The minimum absolute atomic E-state index is 0.0369. The Hall–Kier alpha value is -0.883. The molecule has 5 nitrogen and oxygen atoms in total. The van der Waals surface area contributed by atoms with Crippen molar-refractivity contribution in [3.8, 4) is 0 Å². The van der Waals surface area contributed by atoms with Crippen LogP contribution in [0.25, 0.3) is 0 Å². The van der Waals surface area contributed by atoms with Gasteiger partial charge in [-0.2, -0.15) is 0 Å². The molecule has 1 aliphatic carbocycles. The number of carbonyl (C=O) groups excluding carboxylic acids is 2. The minimum Gasteiger partial charge on any atom is -0.468 e. The number of hydrogen-bond acceptors (Lipinski definition) is 4. The molecular weight excluding hydrogens is 370 g/mol. The first kappa shape index (κ1) is 23.4. The number of hydrogen-bond donors (Lipinski definition) is 1. The number of amides is 1. The highest BCUT2D eigenvalue weighted by atomic mass is 28.4. The van der Waals surface area contributed by atoms with Gasteiger partial charge >= 0.3 is 5.97 Å². The van der Waals surface area contributed by atoms with Crippen LogP contribution < -0.4 is 5.32 Å².